The quantitative estimate of drug-likeness (QED) is 0.541. The molecule has 1 aromatic carbocycles. The summed E-state index contributed by atoms with van der Waals surface area (Å²) in [5.41, 5.74) is 2.19. The fourth-order valence-corrected chi connectivity index (χ4v) is 1.13. The van der Waals surface area contributed by atoms with Gasteiger partial charge in [0, 0.05) is 6.08 Å². The maximum Gasteiger partial charge on any atom is 0.330 e. The van der Waals surface area contributed by atoms with Crippen molar-refractivity contribution in [3.05, 3.63) is 41.5 Å². The van der Waals surface area contributed by atoms with Gasteiger partial charge in [0.05, 0.1) is 6.61 Å². The highest BCUT2D eigenvalue weighted by Crippen LogP contribution is 2.05. The molecule has 14 heavy (non-hydrogen) atoms. The molecular formula is C12H14O2. The first kappa shape index (κ1) is 10.5. The molecule has 0 heterocycles. The Balaban J connectivity index is 2.64. The van der Waals surface area contributed by atoms with Crippen LogP contribution in [0.15, 0.2) is 30.3 Å². The lowest BCUT2D eigenvalue weighted by molar-refractivity contribution is -0.137. The van der Waals surface area contributed by atoms with Crippen molar-refractivity contribution >= 4 is 12.0 Å². The summed E-state index contributed by atoms with van der Waals surface area (Å²) in [6.45, 7) is 4.22. The van der Waals surface area contributed by atoms with Gasteiger partial charge in [-0.25, -0.2) is 4.79 Å². The molecular weight excluding hydrogens is 176 g/mol. The molecule has 0 unspecified atom stereocenters. The minimum absolute atomic E-state index is 0.297. The number of carbonyl (C=O) groups excluding carboxylic acids is 1. The molecule has 1 rings (SSSR count). The third kappa shape index (κ3) is 3.44. The summed E-state index contributed by atoms with van der Waals surface area (Å²) in [7, 11) is 0. The zero-order chi connectivity index (χ0) is 10.4. The maximum absolute atomic E-state index is 11.0. The van der Waals surface area contributed by atoms with Crippen molar-refractivity contribution < 1.29 is 9.53 Å². The van der Waals surface area contributed by atoms with Crippen LogP contribution in [0, 0.1) is 6.92 Å². The standard InChI is InChI=1S/C12H14O2/c1-3-14-12(13)8-7-11-6-4-5-10(2)9-11/h4-9H,3H2,1-2H3/b8-7+. The van der Waals surface area contributed by atoms with E-state index in [1.54, 1.807) is 13.0 Å². The number of ether oxygens (including phenoxy) is 1. The number of hydrogen-bond acceptors (Lipinski definition) is 2. The monoisotopic (exact) mass is 190 g/mol. The molecule has 0 spiro atoms. The van der Waals surface area contributed by atoms with E-state index in [1.165, 1.54) is 11.6 Å². The van der Waals surface area contributed by atoms with E-state index in [1.807, 2.05) is 31.2 Å². The predicted molar refractivity (Wildman–Crippen MR) is 56.8 cm³/mol. The van der Waals surface area contributed by atoms with Crippen molar-refractivity contribution in [1.29, 1.82) is 0 Å². The number of benzene rings is 1. The van der Waals surface area contributed by atoms with Gasteiger partial charge in [-0.15, -0.1) is 0 Å². The first-order valence-electron chi connectivity index (χ1n) is 4.64. The Kier molecular flexibility index (Phi) is 3.92. The van der Waals surface area contributed by atoms with Crippen LogP contribution >= 0.6 is 0 Å². The lowest BCUT2D eigenvalue weighted by Crippen LogP contribution is -1.98. The second-order valence-corrected chi connectivity index (χ2v) is 3.00. The molecule has 2 heteroatoms. The molecule has 2 nitrogen and oxygen atoms in total. The number of carbonyl (C=O) groups is 1. The first-order valence-corrected chi connectivity index (χ1v) is 4.64. The largest absolute Gasteiger partial charge is 0.463 e. The van der Waals surface area contributed by atoms with E-state index in [2.05, 4.69) is 0 Å². The van der Waals surface area contributed by atoms with Gasteiger partial charge >= 0.3 is 5.97 Å². The van der Waals surface area contributed by atoms with Gasteiger partial charge in [0.1, 0.15) is 0 Å². The van der Waals surface area contributed by atoms with E-state index in [-0.39, 0.29) is 5.97 Å². The van der Waals surface area contributed by atoms with Gasteiger partial charge in [0.15, 0.2) is 0 Å². The highest BCUT2D eigenvalue weighted by Gasteiger charge is 1.93. The third-order valence-electron chi connectivity index (χ3n) is 1.74. The minimum Gasteiger partial charge on any atom is -0.463 e. The van der Waals surface area contributed by atoms with Crippen LogP contribution in [0.2, 0.25) is 0 Å². The molecule has 0 fully saturated rings. The van der Waals surface area contributed by atoms with Crippen molar-refractivity contribution in [1.82, 2.24) is 0 Å². The molecule has 0 aliphatic carbocycles. The van der Waals surface area contributed by atoms with Crippen LogP contribution in [0.1, 0.15) is 18.1 Å². The summed E-state index contributed by atoms with van der Waals surface area (Å²) in [4.78, 5) is 11.0. The lowest BCUT2D eigenvalue weighted by atomic mass is 10.1. The van der Waals surface area contributed by atoms with Crippen LogP contribution in [0.25, 0.3) is 6.08 Å². The van der Waals surface area contributed by atoms with E-state index in [0.29, 0.717) is 6.61 Å². The van der Waals surface area contributed by atoms with Gasteiger partial charge < -0.3 is 4.74 Å². The second-order valence-electron chi connectivity index (χ2n) is 3.00. The lowest BCUT2D eigenvalue weighted by Gasteiger charge is -1.96. The minimum atomic E-state index is -0.297. The van der Waals surface area contributed by atoms with Crippen LogP contribution in [-0.2, 0) is 9.53 Å². The maximum atomic E-state index is 11.0. The Hall–Kier alpha value is -1.57. The van der Waals surface area contributed by atoms with E-state index >= 15 is 0 Å². The molecule has 0 radical (unpaired) electrons. The first-order chi connectivity index (χ1) is 6.72. The Labute approximate surface area is 84.2 Å². The van der Waals surface area contributed by atoms with Crippen molar-refractivity contribution in [2.24, 2.45) is 0 Å². The smallest absolute Gasteiger partial charge is 0.330 e. The molecule has 0 aromatic heterocycles. The average Bonchev–Trinajstić information content (AvgIpc) is 2.15. The summed E-state index contributed by atoms with van der Waals surface area (Å²) in [6.07, 6.45) is 3.20. The van der Waals surface area contributed by atoms with E-state index < -0.39 is 0 Å². The van der Waals surface area contributed by atoms with E-state index in [4.69, 9.17) is 4.74 Å². The topological polar surface area (TPSA) is 26.3 Å². The fourth-order valence-electron chi connectivity index (χ4n) is 1.13. The van der Waals surface area contributed by atoms with E-state index in [9.17, 15) is 4.79 Å². The van der Waals surface area contributed by atoms with Gasteiger partial charge in [0.2, 0.25) is 0 Å². The SMILES string of the molecule is CCOC(=O)/C=C/c1cccc(C)c1. The van der Waals surface area contributed by atoms with Crippen molar-refractivity contribution in [3.63, 3.8) is 0 Å². The summed E-state index contributed by atoms with van der Waals surface area (Å²) < 4.78 is 4.77. The summed E-state index contributed by atoms with van der Waals surface area (Å²) in [5, 5.41) is 0. The van der Waals surface area contributed by atoms with Crippen LogP contribution in [0.5, 0.6) is 0 Å². The summed E-state index contributed by atoms with van der Waals surface area (Å²) in [6, 6.07) is 7.93. The highest BCUT2D eigenvalue weighted by atomic mass is 16.5. The number of hydrogen-bond donors (Lipinski definition) is 0. The Morgan fingerprint density at radius 3 is 2.93 bits per heavy atom. The molecule has 0 N–H and O–H groups in total. The van der Waals surface area contributed by atoms with Crippen LogP contribution in [-0.4, -0.2) is 12.6 Å². The van der Waals surface area contributed by atoms with Crippen molar-refractivity contribution in [2.75, 3.05) is 6.61 Å². The Morgan fingerprint density at radius 1 is 1.50 bits per heavy atom. The van der Waals surface area contributed by atoms with Gasteiger partial charge in [-0.2, -0.15) is 0 Å². The average molecular weight is 190 g/mol. The van der Waals surface area contributed by atoms with Gasteiger partial charge in [-0.1, -0.05) is 29.8 Å². The predicted octanol–water partition coefficient (Wildman–Crippen LogP) is 2.57. The molecule has 0 saturated heterocycles. The molecule has 1 aromatic rings. The van der Waals surface area contributed by atoms with Crippen LogP contribution < -0.4 is 0 Å². The number of aryl methyl sites for hydroxylation is 1. The molecule has 0 atom stereocenters. The molecule has 0 amide bonds. The van der Waals surface area contributed by atoms with Crippen LogP contribution in [0.4, 0.5) is 0 Å². The third-order valence-corrected chi connectivity index (χ3v) is 1.74. The molecule has 0 aliphatic rings. The normalized spacial score (nSPS) is 10.4. The number of rotatable bonds is 3. The zero-order valence-electron chi connectivity index (χ0n) is 8.49. The van der Waals surface area contributed by atoms with E-state index in [0.717, 1.165) is 5.56 Å². The van der Waals surface area contributed by atoms with Crippen LogP contribution in [0.3, 0.4) is 0 Å². The highest BCUT2D eigenvalue weighted by molar-refractivity contribution is 5.87. The van der Waals surface area contributed by atoms with Crippen molar-refractivity contribution in [2.45, 2.75) is 13.8 Å². The molecule has 0 aliphatic heterocycles. The molecule has 74 valence electrons. The Morgan fingerprint density at radius 2 is 2.29 bits per heavy atom. The van der Waals surface area contributed by atoms with Gasteiger partial charge in [-0.3, -0.25) is 0 Å². The Bertz CT molecular complexity index is 340. The second kappa shape index (κ2) is 5.22. The van der Waals surface area contributed by atoms with Gasteiger partial charge in [-0.05, 0) is 25.5 Å². The fraction of sp³-hybridized carbons (Fsp3) is 0.250. The van der Waals surface area contributed by atoms with Crippen molar-refractivity contribution in [3.8, 4) is 0 Å². The zero-order valence-corrected chi connectivity index (χ0v) is 8.49. The molecule has 0 bridgehead atoms. The molecule has 0 saturated carbocycles. The summed E-state index contributed by atoms with van der Waals surface area (Å²) >= 11 is 0. The number of esters is 1. The van der Waals surface area contributed by atoms with Gasteiger partial charge in [0.25, 0.3) is 0 Å². The summed E-state index contributed by atoms with van der Waals surface area (Å²) in [5.74, 6) is -0.297.